The summed E-state index contributed by atoms with van der Waals surface area (Å²) in [5.74, 6) is 0.0153. The van der Waals surface area contributed by atoms with E-state index in [9.17, 15) is 4.79 Å². The summed E-state index contributed by atoms with van der Waals surface area (Å²) < 4.78 is 1.78. The molecule has 2 heterocycles. The Morgan fingerprint density at radius 1 is 1.55 bits per heavy atom. The highest BCUT2D eigenvalue weighted by molar-refractivity contribution is 7.09. The van der Waals surface area contributed by atoms with Crippen LogP contribution in [-0.4, -0.2) is 27.2 Å². The van der Waals surface area contributed by atoms with E-state index in [-0.39, 0.29) is 11.8 Å². The standard InChI is InChI=1S/C14H20N4OS/c1-11(9-18-8-4-7-17-18)14(19)15-6-3-5-13-12(2)16-10-20-13/h4,7-8,10-11H,3,5-6,9H2,1-2H3,(H,15,19)/t11-/m1/s1. The molecule has 0 aliphatic carbocycles. The van der Waals surface area contributed by atoms with Gasteiger partial charge in [-0.2, -0.15) is 5.10 Å². The fraction of sp³-hybridized carbons (Fsp3) is 0.500. The topological polar surface area (TPSA) is 59.8 Å². The molecule has 6 heteroatoms. The maximum atomic E-state index is 11.9. The van der Waals surface area contributed by atoms with E-state index >= 15 is 0 Å². The summed E-state index contributed by atoms with van der Waals surface area (Å²) in [4.78, 5) is 17.5. The molecule has 0 saturated heterocycles. The number of nitrogens with one attached hydrogen (secondary N) is 1. The molecule has 0 spiro atoms. The fourth-order valence-electron chi connectivity index (χ4n) is 1.97. The van der Waals surface area contributed by atoms with Gasteiger partial charge in [0.25, 0.3) is 0 Å². The van der Waals surface area contributed by atoms with E-state index < -0.39 is 0 Å². The van der Waals surface area contributed by atoms with E-state index in [1.807, 2.05) is 31.6 Å². The molecule has 0 unspecified atom stereocenters. The van der Waals surface area contributed by atoms with E-state index in [4.69, 9.17) is 0 Å². The van der Waals surface area contributed by atoms with Crippen molar-refractivity contribution in [2.24, 2.45) is 5.92 Å². The van der Waals surface area contributed by atoms with Crippen LogP contribution in [0, 0.1) is 12.8 Å². The molecule has 2 aromatic heterocycles. The summed E-state index contributed by atoms with van der Waals surface area (Å²) in [7, 11) is 0. The summed E-state index contributed by atoms with van der Waals surface area (Å²) in [5.41, 5.74) is 2.98. The first kappa shape index (κ1) is 14.7. The van der Waals surface area contributed by atoms with Gasteiger partial charge < -0.3 is 5.32 Å². The molecule has 20 heavy (non-hydrogen) atoms. The lowest BCUT2D eigenvalue weighted by Crippen LogP contribution is -2.32. The lowest BCUT2D eigenvalue weighted by atomic mass is 10.1. The third-order valence-corrected chi connectivity index (χ3v) is 4.19. The van der Waals surface area contributed by atoms with E-state index in [2.05, 4.69) is 15.4 Å². The lowest BCUT2D eigenvalue weighted by Gasteiger charge is -2.12. The third kappa shape index (κ3) is 4.16. The first-order chi connectivity index (χ1) is 9.66. The Morgan fingerprint density at radius 2 is 2.40 bits per heavy atom. The van der Waals surface area contributed by atoms with Gasteiger partial charge in [-0.15, -0.1) is 11.3 Å². The smallest absolute Gasteiger partial charge is 0.224 e. The molecule has 2 rings (SSSR count). The third-order valence-electron chi connectivity index (χ3n) is 3.19. The number of thiazole rings is 1. The summed E-state index contributed by atoms with van der Waals surface area (Å²) in [6.07, 6.45) is 5.52. The molecule has 2 aromatic rings. The number of carbonyl (C=O) groups excluding carboxylic acids is 1. The van der Waals surface area contributed by atoms with Gasteiger partial charge in [0.2, 0.25) is 5.91 Å². The molecule has 0 radical (unpaired) electrons. The van der Waals surface area contributed by atoms with Crippen molar-refractivity contribution in [3.05, 3.63) is 34.5 Å². The highest BCUT2D eigenvalue weighted by Gasteiger charge is 2.13. The minimum atomic E-state index is -0.0694. The predicted molar refractivity (Wildman–Crippen MR) is 79.6 cm³/mol. The van der Waals surface area contributed by atoms with Crippen molar-refractivity contribution in [3.8, 4) is 0 Å². The zero-order chi connectivity index (χ0) is 14.4. The first-order valence-electron chi connectivity index (χ1n) is 6.81. The highest BCUT2D eigenvalue weighted by atomic mass is 32.1. The van der Waals surface area contributed by atoms with Crippen LogP contribution in [0.4, 0.5) is 0 Å². The molecule has 0 fully saturated rings. The average Bonchev–Trinajstić information content (AvgIpc) is 3.06. The Bertz CT molecular complexity index is 535. The molecule has 108 valence electrons. The first-order valence-corrected chi connectivity index (χ1v) is 7.69. The van der Waals surface area contributed by atoms with Crippen molar-refractivity contribution in [1.82, 2.24) is 20.1 Å². The van der Waals surface area contributed by atoms with Crippen LogP contribution in [0.1, 0.15) is 23.9 Å². The second-order valence-corrected chi connectivity index (χ2v) is 5.82. The second-order valence-electron chi connectivity index (χ2n) is 4.88. The van der Waals surface area contributed by atoms with Crippen LogP contribution in [0.15, 0.2) is 24.0 Å². The van der Waals surface area contributed by atoms with Gasteiger partial charge in [0.15, 0.2) is 0 Å². The van der Waals surface area contributed by atoms with Gasteiger partial charge in [-0.05, 0) is 25.8 Å². The Morgan fingerprint density at radius 3 is 3.05 bits per heavy atom. The molecule has 0 aromatic carbocycles. The SMILES string of the molecule is Cc1ncsc1CCCNC(=O)[C@H](C)Cn1cccn1. The minimum Gasteiger partial charge on any atom is -0.356 e. The van der Waals surface area contributed by atoms with Crippen molar-refractivity contribution in [3.63, 3.8) is 0 Å². The van der Waals surface area contributed by atoms with E-state index in [1.54, 1.807) is 22.2 Å². The van der Waals surface area contributed by atoms with E-state index in [1.165, 1.54) is 4.88 Å². The van der Waals surface area contributed by atoms with Gasteiger partial charge in [0, 0.05) is 23.8 Å². The summed E-state index contributed by atoms with van der Waals surface area (Å²) in [5, 5.41) is 7.09. The van der Waals surface area contributed by atoms with Gasteiger partial charge in [0.1, 0.15) is 0 Å². The fourth-order valence-corrected chi connectivity index (χ4v) is 2.80. The Hall–Kier alpha value is -1.69. The van der Waals surface area contributed by atoms with Gasteiger partial charge >= 0.3 is 0 Å². The molecule has 1 atom stereocenters. The number of hydrogen-bond donors (Lipinski definition) is 1. The number of rotatable bonds is 7. The average molecular weight is 292 g/mol. The summed E-state index contributed by atoms with van der Waals surface area (Å²) >= 11 is 1.68. The number of nitrogens with zero attached hydrogens (tertiary/aromatic N) is 3. The van der Waals surface area contributed by atoms with Crippen LogP contribution in [0.2, 0.25) is 0 Å². The largest absolute Gasteiger partial charge is 0.356 e. The summed E-state index contributed by atoms with van der Waals surface area (Å²) in [6.45, 7) is 5.27. The normalized spacial score (nSPS) is 12.3. The molecular formula is C14H20N4OS. The van der Waals surface area contributed by atoms with Crippen molar-refractivity contribution < 1.29 is 4.79 Å². The van der Waals surface area contributed by atoms with Crippen LogP contribution in [0.3, 0.4) is 0 Å². The number of amides is 1. The second kappa shape index (κ2) is 7.19. The van der Waals surface area contributed by atoms with Crippen LogP contribution in [0.5, 0.6) is 0 Å². The quantitative estimate of drug-likeness (QED) is 0.794. The molecule has 1 N–H and O–H groups in total. The monoisotopic (exact) mass is 292 g/mol. The molecule has 0 aliphatic rings. The number of hydrogen-bond acceptors (Lipinski definition) is 4. The molecule has 0 aliphatic heterocycles. The Labute approximate surface area is 123 Å². The van der Waals surface area contributed by atoms with Crippen molar-refractivity contribution >= 4 is 17.2 Å². The molecule has 5 nitrogen and oxygen atoms in total. The highest BCUT2D eigenvalue weighted by Crippen LogP contribution is 2.13. The number of carbonyl (C=O) groups is 1. The minimum absolute atomic E-state index is 0.0694. The van der Waals surface area contributed by atoms with E-state index in [0.29, 0.717) is 13.1 Å². The number of aromatic nitrogens is 3. The van der Waals surface area contributed by atoms with Crippen LogP contribution < -0.4 is 5.32 Å². The molecule has 1 amide bonds. The van der Waals surface area contributed by atoms with Gasteiger partial charge in [0.05, 0.1) is 23.7 Å². The Balaban J connectivity index is 1.66. The van der Waals surface area contributed by atoms with Crippen molar-refractivity contribution in [2.75, 3.05) is 6.54 Å². The predicted octanol–water partition coefficient (Wildman–Crippen LogP) is 2.03. The van der Waals surface area contributed by atoms with Crippen LogP contribution in [0.25, 0.3) is 0 Å². The molecule has 0 saturated carbocycles. The summed E-state index contributed by atoms with van der Waals surface area (Å²) in [6, 6.07) is 1.86. The molecule has 0 bridgehead atoms. The van der Waals surface area contributed by atoms with Crippen LogP contribution in [-0.2, 0) is 17.8 Å². The van der Waals surface area contributed by atoms with Crippen molar-refractivity contribution in [1.29, 1.82) is 0 Å². The van der Waals surface area contributed by atoms with Crippen LogP contribution >= 0.6 is 11.3 Å². The van der Waals surface area contributed by atoms with E-state index in [0.717, 1.165) is 18.5 Å². The van der Waals surface area contributed by atoms with Gasteiger partial charge in [-0.1, -0.05) is 6.92 Å². The maximum absolute atomic E-state index is 11.9. The van der Waals surface area contributed by atoms with Gasteiger partial charge in [-0.3, -0.25) is 9.48 Å². The lowest BCUT2D eigenvalue weighted by molar-refractivity contribution is -0.124. The Kier molecular flexibility index (Phi) is 5.29. The zero-order valence-corrected chi connectivity index (χ0v) is 12.7. The maximum Gasteiger partial charge on any atom is 0.224 e. The van der Waals surface area contributed by atoms with Gasteiger partial charge in [-0.25, -0.2) is 4.98 Å². The number of aryl methyl sites for hydroxylation is 2. The zero-order valence-electron chi connectivity index (χ0n) is 11.9. The molecular weight excluding hydrogens is 272 g/mol. The van der Waals surface area contributed by atoms with Crippen molar-refractivity contribution in [2.45, 2.75) is 33.2 Å².